The van der Waals surface area contributed by atoms with E-state index in [1.165, 1.54) is 0 Å². The number of nitrogen functional groups attached to an aromatic ring is 2. The van der Waals surface area contributed by atoms with Crippen molar-refractivity contribution >= 4 is 22.4 Å². The van der Waals surface area contributed by atoms with Gasteiger partial charge in [0.05, 0.1) is 28.1 Å². The first kappa shape index (κ1) is 24.2. The van der Waals surface area contributed by atoms with Crippen molar-refractivity contribution in [2.24, 2.45) is 0 Å². The Morgan fingerprint density at radius 1 is 0.439 bits per heavy atom. The maximum absolute atomic E-state index is 5.97. The second-order valence-corrected chi connectivity index (χ2v) is 9.75. The average Bonchev–Trinajstić information content (AvgIpc) is 3.47. The van der Waals surface area contributed by atoms with Crippen LogP contribution in [-0.2, 0) is 0 Å². The second kappa shape index (κ2) is 10.1. The molecule has 0 spiro atoms. The molecule has 0 amide bonds. The molecule has 196 valence electrons. The van der Waals surface area contributed by atoms with E-state index in [2.05, 4.69) is 34.5 Å². The Labute approximate surface area is 236 Å². The largest absolute Gasteiger partial charge is 0.399 e. The van der Waals surface area contributed by atoms with Gasteiger partial charge in [-0.3, -0.25) is 4.57 Å². The molecule has 7 aromatic rings. The van der Waals surface area contributed by atoms with Crippen LogP contribution in [0.25, 0.3) is 62.0 Å². The zero-order valence-electron chi connectivity index (χ0n) is 22.0. The molecular weight excluding hydrogens is 506 g/mol. The highest BCUT2D eigenvalue weighted by Gasteiger charge is 2.19. The first-order chi connectivity index (χ1) is 20.1. The predicted molar refractivity (Wildman–Crippen MR) is 165 cm³/mol. The van der Waals surface area contributed by atoms with Crippen LogP contribution in [0.3, 0.4) is 0 Å². The van der Waals surface area contributed by atoms with E-state index in [4.69, 9.17) is 21.4 Å². The lowest BCUT2D eigenvalue weighted by atomic mass is 10.0. The zero-order chi connectivity index (χ0) is 27.8. The molecule has 2 aromatic heterocycles. The van der Waals surface area contributed by atoms with E-state index in [0.29, 0.717) is 23.0 Å². The molecule has 7 nitrogen and oxygen atoms in total. The van der Waals surface area contributed by atoms with E-state index in [-0.39, 0.29) is 0 Å². The predicted octanol–water partition coefficient (Wildman–Crippen LogP) is 7.04. The van der Waals surface area contributed by atoms with Crippen molar-refractivity contribution in [3.8, 4) is 51.0 Å². The molecule has 0 unspecified atom stereocenters. The van der Waals surface area contributed by atoms with Crippen LogP contribution in [0.2, 0.25) is 0 Å². The summed E-state index contributed by atoms with van der Waals surface area (Å²) in [6.07, 6.45) is 0. The number of hydrogen-bond acceptors (Lipinski definition) is 6. The molecule has 0 aliphatic heterocycles. The third-order valence-electron chi connectivity index (χ3n) is 7.00. The molecule has 7 rings (SSSR count). The molecule has 0 atom stereocenters. The molecule has 5 aromatic carbocycles. The summed E-state index contributed by atoms with van der Waals surface area (Å²) >= 11 is 0. The van der Waals surface area contributed by atoms with E-state index in [0.717, 1.165) is 50.4 Å². The molecule has 41 heavy (non-hydrogen) atoms. The van der Waals surface area contributed by atoms with Crippen LogP contribution >= 0.6 is 0 Å². The maximum atomic E-state index is 5.97. The van der Waals surface area contributed by atoms with Crippen molar-refractivity contribution in [2.75, 3.05) is 11.5 Å². The topological polar surface area (TPSA) is 109 Å². The van der Waals surface area contributed by atoms with E-state index < -0.39 is 0 Å². The molecule has 0 saturated heterocycles. The number of aromatic nitrogens is 5. The minimum Gasteiger partial charge on any atom is -0.399 e. The highest BCUT2D eigenvalue weighted by Crippen LogP contribution is 2.34. The molecule has 2 heterocycles. The Morgan fingerprint density at radius 3 is 1.39 bits per heavy atom. The molecule has 0 aliphatic carbocycles. The van der Waals surface area contributed by atoms with Crippen LogP contribution < -0.4 is 11.5 Å². The van der Waals surface area contributed by atoms with E-state index in [9.17, 15) is 0 Å². The lowest BCUT2D eigenvalue weighted by Gasteiger charge is -2.14. The van der Waals surface area contributed by atoms with Gasteiger partial charge < -0.3 is 11.5 Å². The van der Waals surface area contributed by atoms with Gasteiger partial charge in [-0.25, -0.2) is 9.97 Å². The fourth-order valence-electron chi connectivity index (χ4n) is 4.94. The van der Waals surface area contributed by atoms with Crippen molar-refractivity contribution in [1.82, 2.24) is 24.7 Å². The molecule has 0 radical (unpaired) electrons. The van der Waals surface area contributed by atoms with Crippen LogP contribution in [0.4, 0.5) is 11.4 Å². The molecule has 0 saturated carbocycles. The summed E-state index contributed by atoms with van der Waals surface area (Å²) in [7, 11) is 0. The first-order valence-electron chi connectivity index (χ1n) is 13.2. The molecule has 7 heteroatoms. The third kappa shape index (κ3) is 4.55. The summed E-state index contributed by atoms with van der Waals surface area (Å²) in [6.45, 7) is 0. The lowest BCUT2D eigenvalue weighted by molar-refractivity contribution is 1.07. The van der Waals surface area contributed by atoms with E-state index in [1.54, 1.807) is 0 Å². The summed E-state index contributed by atoms with van der Waals surface area (Å²) in [4.78, 5) is 10.3. The van der Waals surface area contributed by atoms with Gasteiger partial charge in [0.1, 0.15) is 0 Å². The quantitative estimate of drug-likeness (QED) is 0.231. The van der Waals surface area contributed by atoms with Gasteiger partial charge in [-0.1, -0.05) is 60.7 Å². The Kier molecular flexibility index (Phi) is 5.94. The zero-order valence-corrected chi connectivity index (χ0v) is 22.0. The molecular formula is C34H25N7. The number of hydrogen-bond donors (Lipinski definition) is 2. The summed E-state index contributed by atoms with van der Waals surface area (Å²) in [5.41, 5.74) is 21.2. The smallest absolute Gasteiger partial charge is 0.168 e. The van der Waals surface area contributed by atoms with Crippen molar-refractivity contribution in [3.05, 3.63) is 127 Å². The number of benzene rings is 5. The molecule has 0 bridgehead atoms. The van der Waals surface area contributed by atoms with Gasteiger partial charge in [-0.2, -0.15) is 0 Å². The van der Waals surface area contributed by atoms with Gasteiger partial charge in [-0.15, -0.1) is 10.2 Å². The van der Waals surface area contributed by atoms with Crippen LogP contribution in [-0.4, -0.2) is 24.7 Å². The fraction of sp³-hybridized carbons (Fsp3) is 0. The highest BCUT2D eigenvalue weighted by atomic mass is 15.3. The second-order valence-electron chi connectivity index (χ2n) is 9.75. The Morgan fingerprint density at radius 2 is 0.902 bits per heavy atom. The Hall–Kier alpha value is -5.82. The minimum absolute atomic E-state index is 0.683. The number of anilines is 2. The third-order valence-corrected chi connectivity index (χ3v) is 7.00. The van der Waals surface area contributed by atoms with Gasteiger partial charge in [0, 0.05) is 33.6 Å². The summed E-state index contributed by atoms with van der Waals surface area (Å²) in [5.74, 6) is 1.38. The minimum atomic E-state index is 0.683. The molecule has 0 aliphatic rings. The Balaban J connectivity index is 1.45. The van der Waals surface area contributed by atoms with Gasteiger partial charge in [0.2, 0.25) is 0 Å². The fourth-order valence-corrected chi connectivity index (χ4v) is 4.94. The number of nitrogens with zero attached hydrogens (tertiary/aromatic N) is 5. The monoisotopic (exact) mass is 531 g/mol. The lowest BCUT2D eigenvalue weighted by Crippen LogP contribution is -2.02. The Bertz CT molecular complexity index is 1920. The van der Waals surface area contributed by atoms with Gasteiger partial charge in [0.15, 0.2) is 11.6 Å². The van der Waals surface area contributed by atoms with Crippen LogP contribution in [0.15, 0.2) is 127 Å². The summed E-state index contributed by atoms with van der Waals surface area (Å²) < 4.78 is 2.03. The van der Waals surface area contributed by atoms with Gasteiger partial charge in [-0.05, 0) is 66.7 Å². The molecule has 4 N–H and O–H groups in total. The van der Waals surface area contributed by atoms with Crippen molar-refractivity contribution in [2.45, 2.75) is 0 Å². The van der Waals surface area contributed by atoms with Crippen molar-refractivity contribution in [1.29, 1.82) is 0 Å². The first-order valence-corrected chi connectivity index (χ1v) is 13.2. The van der Waals surface area contributed by atoms with Gasteiger partial charge in [0.25, 0.3) is 0 Å². The van der Waals surface area contributed by atoms with Gasteiger partial charge >= 0.3 is 0 Å². The maximum Gasteiger partial charge on any atom is 0.168 e. The number of nitrogens with two attached hydrogens (primary N) is 2. The van der Waals surface area contributed by atoms with Crippen LogP contribution in [0.5, 0.6) is 0 Å². The SMILES string of the molecule is Nc1ccc(-c2nnc(-c3ccc(N)cc3)n2-c2ccc3nc(-c4ccccc4)c(-c4ccccc4)nc3c2)cc1. The number of rotatable bonds is 5. The van der Waals surface area contributed by atoms with E-state index in [1.807, 2.05) is 108 Å². The van der Waals surface area contributed by atoms with Crippen molar-refractivity contribution in [3.63, 3.8) is 0 Å². The molecule has 0 fully saturated rings. The summed E-state index contributed by atoms with van der Waals surface area (Å²) in [5, 5.41) is 9.19. The highest BCUT2D eigenvalue weighted by molar-refractivity contribution is 5.87. The van der Waals surface area contributed by atoms with Crippen LogP contribution in [0.1, 0.15) is 0 Å². The van der Waals surface area contributed by atoms with E-state index >= 15 is 0 Å². The van der Waals surface area contributed by atoms with Crippen LogP contribution in [0, 0.1) is 0 Å². The summed E-state index contributed by atoms with van der Waals surface area (Å²) in [6, 6.07) is 41.6. The standard InChI is InChI=1S/C34H25N7/c35-26-15-11-24(12-16-26)33-39-40-34(25-13-17-27(36)18-14-25)41(33)28-19-20-29-30(21-28)38-32(23-9-5-2-6-10-23)31(37-29)22-7-3-1-4-8-22/h1-21H,35-36H2. The normalized spacial score (nSPS) is 11.1. The van der Waals surface area contributed by atoms with Crippen molar-refractivity contribution < 1.29 is 0 Å². The average molecular weight is 532 g/mol. The number of fused-ring (bicyclic) bond motifs is 1.